The van der Waals surface area contributed by atoms with Gasteiger partial charge in [-0.05, 0) is 24.8 Å². The van der Waals surface area contributed by atoms with Crippen molar-refractivity contribution in [2.75, 3.05) is 13.1 Å². The lowest BCUT2D eigenvalue weighted by molar-refractivity contribution is -0.188. The molecule has 1 heterocycles. The third-order valence-electron chi connectivity index (χ3n) is 5.03. The fraction of sp³-hybridized carbons (Fsp3) is 0.579. The van der Waals surface area contributed by atoms with Gasteiger partial charge in [-0.3, -0.25) is 9.59 Å². The average Bonchev–Trinajstić information content (AvgIpc) is 3.00. The second-order valence-corrected chi connectivity index (χ2v) is 7.53. The molecule has 1 aliphatic heterocycles. The van der Waals surface area contributed by atoms with E-state index in [9.17, 15) is 22.8 Å². The smallest absolute Gasteiger partial charge is 0.394 e. The number of hydrogen-bond acceptors (Lipinski definition) is 2. The first kappa shape index (κ1) is 20.3. The Balaban J connectivity index is 1.99. The van der Waals surface area contributed by atoms with E-state index in [1.165, 1.54) is 0 Å². The highest BCUT2D eigenvalue weighted by molar-refractivity contribution is 5.83. The summed E-state index contributed by atoms with van der Waals surface area (Å²) in [5.41, 5.74) is 0.304. The topological polar surface area (TPSA) is 57.6 Å². The van der Waals surface area contributed by atoms with Crippen molar-refractivity contribution in [3.8, 4) is 0 Å². The minimum atomic E-state index is -4.63. The Morgan fingerprint density at radius 2 is 1.77 bits per heavy atom. The molecule has 144 valence electrons. The highest BCUT2D eigenvalue weighted by atomic mass is 19.4. The van der Waals surface area contributed by atoms with E-state index in [2.05, 4.69) is 0 Å². The maximum atomic E-state index is 13.1. The molecule has 0 spiro atoms. The fourth-order valence-corrected chi connectivity index (χ4v) is 3.47. The monoisotopic (exact) mass is 371 g/mol. The van der Waals surface area contributed by atoms with Gasteiger partial charge in [0.25, 0.3) is 0 Å². The number of nitrogens with zero attached hydrogens (tertiary/aromatic N) is 1. The molecule has 26 heavy (non-hydrogen) atoms. The van der Waals surface area contributed by atoms with Crippen molar-refractivity contribution in [2.45, 2.75) is 39.3 Å². The third-order valence-corrected chi connectivity index (χ3v) is 5.03. The van der Waals surface area contributed by atoms with Gasteiger partial charge in [-0.1, -0.05) is 44.2 Å². The first-order chi connectivity index (χ1) is 12.0. The van der Waals surface area contributed by atoms with Crippen LogP contribution in [-0.4, -0.2) is 41.1 Å². The van der Waals surface area contributed by atoms with Crippen LogP contribution in [0, 0.1) is 17.3 Å². The van der Waals surface area contributed by atoms with E-state index in [0.29, 0.717) is 6.42 Å². The molecule has 0 bridgehead atoms. The number of alkyl halides is 3. The Labute approximate surface area is 151 Å². The van der Waals surface area contributed by atoms with Gasteiger partial charge in [0.2, 0.25) is 5.91 Å². The molecular weight excluding hydrogens is 347 g/mol. The summed E-state index contributed by atoms with van der Waals surface area (Å²) >= 11 is 0. The van der Waals surface area contributed by atoms with Crippen LogP contribution in [0.15, 0.2) is 30.3 Å². The minimum absolute atomic E-state index is 0.388. The Hall–Kier alpha value is -2.05. The molecule has 1 saturated heterocycles. The van der Waals surface area contributed by atoms with Gasteiger partial charge < -0.3 is 10.0 Å². The maximum Gasteiger partial charge on any atom is 0.394 e. The molecule has 2 rings (SSSR count). The van der Waals surface area contributed by atoms with Gasteiger partial charge in [0.05, 0.1) is 11.8 Å². The number of amides is 1. The zero-order valence-electron chi connectivity index (χ0n) is 14.9. The van der Waals surface area contributed by atoms with Crippen molar-refractivity contribution in [2.24, 2.45) is 17.3 Å². The van der Waals surface area contributed by atoms with Crippen LogP contribution in [0.3, 0.4) is 0 Å². The summed E-state index contributed by atoms with van der Waals surface area (Å²) in [7, 11) is 0. The Morgan fingerprint density at radius 3 is 2.27 bits per heavy atom. The van der Waals surface area contributed by atoms with Crippen molar-refractivity contribution in [3.63, 3.8) is 0 Å². The van der Waals surface area contributed by atoms with E-state index in [0.717, 1.165) is 23.3 Å². The Bertz CT molecular complexity index is 643. The Kier molecular flexibility index (Phi) is 5.98. The summed E-state index contributed by atoms with van der Waals surface area (Å²) in [6.07, 6.45) is -2.61. The lowest BCUT2D eigenvalue weighted by atomic mass is 9.85. The van der Waals surface area contributed by atoms with Crippen LogP contribution in [-0.2, 0) is 16.0 Å². The van der Waals surface area contributed by atoms with E-state index in [-0.39, 0.29) is 6.54 Å². The molecule has 1 aromatic carbocycles. The van der Waals surface area contributed by atoms with E-state index < -0.39 is 41.8 Å². The summed E-state index contributed by atoms with van der Waals surface area (Å²) in [6, 6.07) is 9.75. The molecule has 0 aliphatic carbocycles. The number of carbonyl (C=O) groups excluding carboxylic acids is 1. The minimum Gasteiger partial charge on any atom is -0.481 e. The number of carboxylic acid groups (broad SMARTS) is 1. The van der Waals surface area contributed by atoms with Crippen LogP contribution in [0.1, 0.15) is 32.3 Å². The second-order valence-electron chi connectivity index (χ2n) is 7.53. The molecular formula is C19H24F3NO3. The van der Waals surface area contributed by atoms with Gasteiger partial charge in [0, 0.05) is 18.5 Å². The van der Waals surface area contributed by atoms with Crippen molar-refractivity contribution < 1.29 is 27.9 Å². The molecule has 0 saturated carbocycles. The van der Waals surface area contributed by atoms with Gasteiger partial charge in [-0.25, -0.2) is 0 Å². The quantitative estimate of drug-likeness (QED) is 0.828. The SMILES string of the molecule is CC(C)(CCCc1ccccc1)C(=O)N1C[C@@H](C(F)(F)F)[C@H](C(=O)O)C1. The highest BCUT2D eigenvalue weighted by Crippen LogP contribution is 2.39. The molecule has 1 fully saturated rings. The number of benzene rings is 1. The van der Waals surface area contributed by atoms with Crippen molar-refractivity contribution in [1.29, 1.82) is 0 Å². The van der Waals surface area contributed by atoms with E-state index in [1.807, 2.05) is 30.3 Å². The van der Waals surface area contributed by atoms with Crippen molar-refractivity contribution in [3.05, 3.63) is 35.9 Å². The molecule has 0 radical (unpaired) electrons. The predicted octanol–water partition coefficient (Wildman–Crippen LogP) is 3.76. The Morgan fingerprint density at radius 1 is 1.15 bits per heavy atom. The van der Waals surface area contributed by atoms with Crippen LogP contribution in [0.4, 0.5) is 13.2 Å². The predicted molar refractivity (Wildman–Crippen MR) is 90.4 cm³/mol. The third kappa shape index (κ3) is 4.77. The number of hydrogen-bond donors (Lipinski definition) is 1. The van der Waals surface area contributed by atoms with Gasteiger partial charge in [0.1, 0.15) is 0 Å². The lowest BCUT2D eigenvalue weighted by Gasteiger charge is -2.29. The van der Waals surface area contributed by atoms with E-state index >= 15 is 0 Å². The zero-order valence-corrected chi connectivity index (χ0v) is 14.9. The molecule has 4 nitrogen and oxygen atoms in total. The summed E-state index contributed by atoms with van der Waals surface area (Å²) in [5, 5.41) is 9.08. The number of carboxylic acids is 1. The van der Waals surface area contributed by atoms with E-state index in [4.69, 9.17) is 5.11 Å². The van der Waals surface area contributed by atoms with Crippen LogP contribution in [0.2, 0.25) is 0 Å². The number of carbonyl (C=O) groups is 2. The number of likely N-dealkylation sites (tertiary alicyclic amines) is 1. The van der Waals surface area contributed by atoms with Crippen LogP contribution in [0.25, 0.3) is 0 Å². The standard InChI is InChI=1S/C19H24F3NO3/c1-18(2,10-6-9-13-7-4-3-5-8-13)17(26)23-11-14(16(24)25)15(12-23)19(20,21)22/h3-5,7-8,14-15H,6,9-12H2,1-2H3,(H,24,25)/t14-,15-/m1/s1. The molecule has 0 unspecified atom stereocenters. The number of aliphatic carboxylic acids is 1. The summed E-state index contributed by atoms with van der Waals surface area (Å²) < 4.78 is 39.3. The zero-order chi connectivity index (χ0) is 19.5. The molecule has 1 N–H and O–H groups in total. The molecule has 1 amide bonds. The van der Waals surface area contributed by atoms with Crippen LogP contribution < -0.4 is 0 Å². The normalized spacial score (nSPS) is 21.0. The number of halogens is 3. The maximum absolute atomic E-state index is 13.1. The molecule has 1 aromatic rings. The average molecular weight is 371 g/mol. The second kappa shape index (κ2) is 7.68. The molecule has 7 heteroatoms. The van der Waals surface area contributed by atoms with E-state index in [1.54, 1.807) is 13.8 Å². The molecule has 2 atom stereocenters. The van der Waals surface area contributed by atoms with Gasteiger partial charge >= 0.3 is 12.1 Å². The largest absolute Gasteiger partial charge is 0.481 e. The molecule has 1 aliphatic rings. The van der Waals surface area contributed by atoms with Gasteiger partial charge in [-0.15, -0.1) is 0 Å². The van der Waals surface area contributed by atoms with Gasteiger partial charge in [-0.2, -0.15) is 13.2 Å². The summed E-state index contributed by atoms with van der Waals surface area (Å²) in [6.45, 7) is 2.44. The van der Waals surface area contributed by atoms with Crippen molar-refractivity contribution >= 4 is 11.9 Å². The van der Waals surface area contributed by atoms with Crippen LogP contribution in [0.5, 0.6) is 0 Å². The fourth-order valence-electron chi connectivity index (χ4n) is 3.47. The van der Waals surface area contributed by atoms with Crippen molar-refractivity contribution in [1.82, 2.24) is 4.90 Å². The molecule has 0 aromatic heterocycles. The highest BCUT2D eigenvalue weighted by Gasteiger charge is 2.54. The summed E-state index contributed by atoms with van der Waals surface area (Å²) in [4.78, 5) is 25.0. The number of rotatable bonds is 6. The van der Waals surface area contributed by atoms with Crippen LogP contribution >= 0.6 is 0 Å². The first-order valence-corrected chi connectivity index (χ1v) is 8.65. The summed E-state index contributed by atoms with van der Waals surface area (Å²) in [5.74, 6) is -5.53. The number of aryl methyl sites for hydroxylation is 1. The lowest BCUT2D eigenvalue weighted by Crippen LogP contribution is -2.40. The first-order valence-electron chi connectivity index (χ1n) is 8.65. The van der Waals surface area contributed by atoms with Gasteiger partial charge in [0.15, 0.2) is 0 Å².